The first-order valence-corrected chi connectivity index (χ1v) is 6.02. The maximum absolute atomic E-state index is 5.93. The molecule has 0 amide bonds. The third-order valence-corrected chi connectivity index (χ3v) is 2.35. The number of nitrogen functional groups attached to an aromatic ring is 1. The van der Waals surface area contributed by atoms with Gasteiger partial charge in [0.25, 0.3) is 0 Å². The molecule has 5 heteroatoms. The molecule has 5 nitrogen and oxygen atoms in total. The first-order valence-electron chi connectivity index (χ1n) is 6.02. The lowest BCUT2D eigenvalue weighted by Gasteiger charge is -2.13. The minimum Gasteiger partial charge on any atom is -0.474 e. The molecule has 0 atom stereocenters. The zero-order chi connectivity index (χ0) is 13.0. The minimum absolute atomic E-state index is 0.215. The molecule has 0 spiro atoms. The van der Waals surface area contributed by atoms with Crippen LogP contribution in [0.15, 0.2) is 0 Å². The van der Waals surface area contributed by atoms with E-state index < -0.39 is 0 Å². The largest absolute Gasteiger partial charge is 0.474 e. The summed E-state index contributed by atoms with van der Waals surface area (Å²) in [5.41, 5.74) is 7.35. The Labute approximate surface area is 103 Å². The molecular weight excluding hydrogens is 218 g/mol. The molecule has 0 bridgehead atoms. The van der Waals surface area contributed by atoms with Crippen LogP contribution < -0.4 is 10.5 Å². The highest BCUT2D eigenvalue weighted by atomic mass is 16.5. The highest BCUT2D eigenvalue weighted by Gasteiger charge is 2.15. The number of anilines is 1. The molecule has 2 N–H and O–H groups in total. The summed E-state index contributed by atoms with van der Waals surface area (Å²) in [5.74, 6) is 0.643. The van der Waals surface area contributed by atoms with Gasteiger partial charge < -0.3 is 15.2 Å². The van der Waals surface area contributed by atoms with Gasteiger partial charge in [-0.3, -0.25) is 0 Å². The summed E-state index contributed by atoms with van der Waals surface area (Å²) >= 11 is 0. The van der Waals surface area contributed by atoms with Crippen molar-refractivity contribution in [3.8, 4) is 5.88 Å². The molecule has 1 heterocycles. The van der Waals surface area contributed by atoms with Crippen LogP contribution in [0.2, 0.25) is 0 Å². The summed E-state index contributed by atoms with van der Waals surface area (Å²) in [4.78, 5) is 0. The molecular formula is C12H23N3O2. The second kappa shape index (κ2) is 5.91. The van der Waals surface area contributed by atoms with E-state index in [4.69, 9.17) is 15.2 Å². The smallest absolute Gasteiger partial charge is 0.236 e. The predicted molar refractivity (Wildman–Crippen MR) is 68.3 cm³/mol. The van der Waals surface area contributed by atoms with Crippen molar-refractivity contribution >= 4 is 5.69 Å². The first-order chi connectivity index (χ1) is 7.93. The Kier molecular flexibility index (Phi) is 4.81. The maximum atomic E-state index is 5.93. The highest BCUT2D eigenvalue weighted by Crippen LogP contribution is 2.27. The number of nitrogens with two attached hydrogens (primary N) is 1. The molecule has 0 aliphatic heterocycles. The van der Waals surface area contributed by atoms with Crippen LogP contribution in [-0.2, 0) is 4.74 Å². The summed E-state index contributed by atoms with van der Waals surface area (Å²) in [6, 6.07) is 0.229. The fourth-order valence-corrected chi connectivity index (χ4v) is 1.46. The van der Waals surface area contributed by atoms with Crippen molar-refractivity contribution < 1.29 is 9.47 Å². The maximum Gasteiger partial charge on any atom is 0.236 e. The Hall–Kier alpha value is -1.23. The van der Waals surface area contributed by atoms with Crippen LogP contribution in [0.1, 0.15) is 39.4 Å². The third kappa shape index (κ3) is 3.63. The lowest BCUT2D eigenvalue weighted by atomic mass is 10.4. The lowest BCUT2D eigenvalue weighted by Crippen LogP contribution is -2.14. The molecule has 0 aliphatic carbocycles. The number of nitrogens with zero attached hydrogens (tertiary/aromatic N) is 2. The van der Waals surface area contributed by atoms with E-state index in [-0.39, 0.29) is 12.1 Å². The van der Waals surface area contributed by atoms with Crippen molar-refractivity contribution in [3.63, 3.8) is 0 Å². The number of ether oxygens (including phenoxy) is 2. The Morgan fingerprint density at radius 3 is 2.41 bits per heavy atom. The van der Waals surface area contributed by atoms with Crippen LogP contribution in [0.4, 0.5) is 5.69 Å². The van der Waals surface area contributed by atoms with Crippen LogP contribution in [-0.4, -0.2) is 29.1 Å². The first kappa shape index (κ1) is 13.8. The van der Waals surface area contributed by atoms with Crippen LogP contribution >= 0.6 is 0 Å². The van der Waals surface area contributed by atoms with Gasteiger partial charge in [-0.05, 0) is 34.6 Å². The SMILES string of the molecule is Cc1nn(C(C)C)c(OCCOC(C)C)c1N. The van der Waals surface area contributed by atoms with Gasteiger partial charge in [-0.15, -0.1) is 0 Å². The monoisotopic (exact) mass is 241 g/mol. The standard InChI is InChI=1S/C12H23N3O2/c1-8(2)15-12(11(13)10(5)14-15)17-7-6-16-9(3)4/h8-9H,6-7,13H2,1-5H3. The van der Waals surface area contributed by atoms with Gasteiger partial charge in [0.15, 0.2) is 0 Å². The molecule has 0 fully saturated rings. The lowest BCUT2D eigenvalue weighted by molar-refractivity contribution is 0.0529. The zero-order valence-electron chi connectivity index (χ0n) is 11.4. The van der Waals surface area contributed by atoms with Crippen molar-refractivity contribution in [2.45, 2.75) is 46.8 Å². The minimum atomic E-state index is 0.215. The van der Waals surface area contributed by atoms with Crippen molar-refractivity contribution in [3.05, 3.63) is 5.69 Å². The molecule has 1 aromatic heterocycles. The Morgan fingerprint density at radius 2 is 1.88 bits per heavy atom. The summed E-state index contributed by atoms with van der Waals surface area (Å²) < 4.78 is 12.9. The van der Waals surface area contributed by atoms with E-state index in [1.807, 2.05) is 34.6 Å². The van der Waals surface area contributed by atoms with Crippen LogP contribution in [0.5, 0.6) is 5.88 Å². The van der Waals surface area contributed by atoms with E-state index in [9.17, 15) is 0 Å². The highest BCUT2D eigenvalue weighted by molar-refractivity contribution is 5.52. The van der Waals surface area contributed by atoms with Crippen molar-refractivity contribution in [2.24, 2.45) is 0 Å². The molecule has 0 aromatic carbocycles. The van der Waals surface area contributed by atoms with Gasteiger partial charge in [0, 0.05) is 0 Å². The van der Waals surface area contributed by atoms with Gasteiger partial charge in [0.1, 0.15) is 12.3 Å². The molecule has 0 saturated heterocycles. The van der Waals surface area contributed by atoms with E-state index in [1.165, 1.54) is 0 Å². The van der Waals surface area contributed by atoms with Crippen LogP contribution in [0.25, 0.3) is 0 Å². The van der Waals surface area contributed by atoms with Crippen LogP contribution in [0.3, 0.4) is 0 Å². The number of hydrogen-bond donors (Lipinski definition) is 1. The van der Waals surface area contributed by atoms with Gasteiger partial charge in [-0.1, -0.05) is 0 Å². The average Bonchev–Trinajstić information content (AvgIpc) is 2.51. The van der Waals surface area contributed by atoms with E-state index in [0.717, 1.165) is 5.69 Å². The van der Waals surface area contributed by atoms with Gasteiger partial charge in [0.2, 0.25) is 5.88 Å². The summed E-state index contributed by atoms with van der Waals surface area (Å²) in [5, 5.41) is 4.35. The normalized spacial score (nSPS) is 11.5. The Morgan fingerprint density at radius 1 is 1.24 bits per heavy atom. The summed E-state index contributed by atoms with van der Waals surface area (Å²) in [6.07, 6.45) is 0.215. The number of rotatable bonds is 6. The third-order valence-electron chi connectivity index (χ3n) is 2.35. The number of hydrogen-bond acceptors (Lipinski definition) is 4. The molecule has 0 saturated carbocycles. The summed E-state index contributed by atoms with van der Waals surface area (Å²) in [6.45, 7) is 11.0. The van der Waals surface area contributed by atoms with Crippen LogP contribution in [0, 0.1) is 6.92 Å². The van der Waals surface area contributed by atoms with Crippen molar-refractivity contribution in [1.29, 1.82) is 0 Å². The van der Waals surface area contributed by atoms with Gasteiger partial charge in [-0.2, -0.15) is 5.10 Å². The van der Waals surface area contributed by atoms with E-state index in [1.54, 1.807) is 4.68 Å². The molecule has 1 aromatic rings. The fourth-order valence-electron chi connectivity index (χ4n) is 1.46. The van der Waals surface area contributed by atoms with Gasteiger partial charge in [0.05, 0.1) is 24.4 Å². The summed E-state index contributed by atoms with van der Waals surface area (Å²) in [7, 11) is 0. The topological polar surface area (TPSA) is 62.3 Å². The molecule has 17 heavy (non-hydrogen) atoms. The van der Waals surface area contributed by atoms with E-state index in [2.05, 4.69) is 5.10 Å². The quantitative estimate of drug-likeness (QED) is 0.775. The second-order valence-corrected chi connectivity index (χ2v) is 4.61. The molecule has 1 rings (SSSR count). The van der Waals surface area contributed by atoms with Crippen molar-refractivity contribution in [2.75, 3.05) is 18.9 Å². The average molecular weight is 241 g/mol. The molecule has 0 unspecified atom stereocenters. The predicted octanol–water partition coefficient (Wildman–Crippen LogP) is 2.16. The van der Waals surface area contributed by atoms with E-state index >= 15 is 0 Å². The molecule has 98 valence electrons. The molecule has 0 aliphatic rings. The fraction of sp³-hybridized carbons (Fsp3) is 0.750. The van der Waals surface area contributed by atoms with Crippen molar-refractivity contribution in [1.82, 2.24) is 9.78 Å². The second-order valence-electron chi connectivity index (χ2n) is 4.61. The Bertz CT molecular complexity index is 359. The van der Waals surface area contributed by atoms with Gasteiger partial charge in [-0.25, -0.2) is 4.68 Å². The number of aromatic nitrogens is 2. The zero-order valence-corrected chi connectivity index (χ0v) is 11.4. The van der Waals surface area contributed by atoms with E-state index in [0.29, 0.717) is 24.8 Å². The van der Waals surface area contributed by atoms with Gasteiger partial charge >= 0.3 is 0 Å². The number of aryl methyl sites for hydroxylation is 1. The Balaban J connectivity index is 2.63. The molecule has 0 radical (unpaired) electrons.